The maximum absolute atomic E-state index is 13.0. The van der Waals surface area contributed by atoms with Crippen LogP contribution in [0.2, 0.25) is 0 Å². The molecule has 2 aromatic rings. The number of ether oxygens (including phenoxy) is 1. The van der Waals surface area contributed by atoms with Crippen molar-refractivity contribution in [3.05, 3.63) is 41.0 Å². The standard InChI is InChI=1S/C19H22F2N4O2S/c1-11-15(18(26)23-12-5-6-22-13(8-12)17(20)21)25-7-3-4-14(25)16(11)28-24-19(2)9-27-10-19/h5-6,8,17,24H,3-4,7,9-10H2,1-2H3,(H,22,23,26). The minimum absolute atomic E-state index is 0.0599. The number of anilines is 1. The highest BCUT2D eigenvalue weighted by Crippen LogP contribution is 2.36. The molecule has 0 aliphatic carbocycles. The van der Waals surface area contributed by atoms with E-state index in [1.807, 2.05) is 11.5 Å². The van der Waals surface area contributed by atoms with Gasteiger partial charge in [0.05, 0.1) is 18.8 Å². The molecule has 1 saturated heterocycles. The topological polar surface area (TPSA) is 68.2 Å². The van der Waals surface area contributed by atoms with E-state index >= 15 is 0 Å². The molecule has 28 heavy (non-hydrogen) atoms. The third-order valence-electron chi connectivity index (χ3n) is 5.07. The summed E-state index contributed by atoms with van der Waals surface area (Å²) in [5.41, 5.74) is 2.53. The summed E-state index contributed by atoms with van der Waals surface area (Å²) in [6.07, 6.45) is 0.492. The summed E-state index contributed by atoms with van der Waals surface area (Å²) in [5.74, 6) is -0.294. The van der Waals surface area contributed by atoms with Crippen LogP contribution in [-0.2, 0) is 17.7 Å². The number of hydrogen-bond donors (Lipinski definition) is 2. The molecule has 0 spiro atoms. The summed E-state index contributed by atoms with van der Waals surface area (Å²) in [6, 6.07) is 2.72. The first kappa shape index (κ1) is 19.4. The molecule has 0 radical (unpaired) electrons. The predicted molar refractivity (Wildman–Crippen MR) is 103 cm³/mol. The first-order valence-corrected chi connectivity index (χ1v) is 9.99. The number of amides is 1. The minimum Gasteiger partial charge on any atom is -0.377 e. The van der Waals surface area contributed by atoms with Crippen molar-refractivity contribution in [2.75, 3.05) is 18.5 Å². The number of aromatic nitrogens is 2. The Morgan fingerprint density at radius 2 is 2.21 bits per heavy atom. The molecule has 4 heterocycles. The highest BCUT2D eigenvalue weighted by atomic mass is 32.2. The zero-order valence-corrected chi connectivity index (χ0v) is 16.5. The first-order chi connectivity index (χ1) is 13.4. The number of nitrogens with zero attached hydrogens (tertiary/aromatic N) is 2. The van der Waals surface area contributed by atoms with Gasteiger partial charge in [-0.05, 0) is 56.3 Å². The van der Waals surface area contributed by atoms with Gasteiger partial charge in [0.25, 0.3) is 12.3 Å². The molecule has 2 aliphatic heterocycles. The summed E-state index contributed by atoms with van der Waals surface area (Å²) in [5, 5.41) is 2.75. The maximum atomic E-state index is 13.0. The van der Waals surface area contributed by atoms with E-state index in [1.165, 1.54) is 18.3 Å². The number of carbonyl (C=O) groups excluding carboxylic acids is 1. The molecular formula is C19H22F2N4O2S. The Bertz CT molecular complexity index is 912. The number of alkyl halides is 2. The van der Waals surface area contributed by atoms with Crippen LogP contribution in [0.4, 0.5) is 14.5 Å². The lowest BCUT2D eigenvalue weighted by Crippen LogP contribution is -2.55. The SMILES string of the molecule is Cc1c(SNC2(C)COC2)c2n(c1C(=O)Nc1ccnc(C(F)F)c1)CCC2. The fraction of sp³-hybridized carbons (Fsp3) is 0.474. The van der Waals surface area contributed by atoms with Crippen LogP contribution in [0.25, 0.3) is 0 Å². The van der Waals surface area contributed by atoms with Gasteiger partial charge >= 0.3 is 0 Å². The molecule has 0 atom stereocenters. The van der Waals surface area contributed by atoms with Crippen LogP contribution in [0.3, 0.4) is 0 Å². The number of rotatable bonds is 6. The Labute approximate surface area is 166 Å². The van der Waals surface area contributed by atoms with E-state index in [4.69, 9.17) is 4.74 Å². The molecule has 0 saturated carbocycles. The van der Waals surface area contributed by atoms with Gasteiger partial charge in [-0.1, -0.05) is 0 Å². The zero-order valence-electron chi connectivity index (χ0n) is 15.7. The summed E-state index contributed by atoms with van der Waals surface area (Å²) in [4.78, 5) is 17.7. The zero-order chi connectivity index (χ0) is 19.9. The average molecular weight is 408 g/mol. The van der Waals surface area contributed by atoms with Crippen molar-refractivity contribution in [3.63, 3.8) is 0 Å². The van der Waals surface area contributed by atoms with Gasteiger partial charge in [-0.3, -0.25) is 9.78 Å². The molecule has 1 fully saturated rings. The fourth-order valence-corrected chi connectivity index (χ4v) is 4.64. The van der Waals surface area contributed by atoms with E-state index in [0.717, 1.165) is 35.5 Å². The molecule has 0 aromatic carbocycles. The van der Waals surface area contributed by atoms with Gasteiger partial charge in [-0.25, -0.2) is 13.5 Å². The molecule has 6 nitrogen and oxygen atoms in total. The lowest BCUT2D eigenvalue weighted by molar-refractivity contribution is -0.0510. The Morgan fingerprint density at radius 3 is 2.89 bits per heavy atom. The second-order valence-corrected chi connectivity index (χ2v) is 8.30. The quantitative estimate of drug-likeness (QED) is 0.713. The van der Waals surface area contributed by atoms with Crippen molar-refractivity contribution in [1.82, 2.24) is 14.3 Å². The van der Waals surface area contributed by atoms with E-state index in [-0.39, 0.29) is 17.1 Å². The molecule has 150 valence electrons. The lowest BCUT2D eigenvalue weighted by Gasteiger charge is -2.38. The van der Waals surface area contributed by atoms with Gasteiger partial charge in [0.1, 0.15) is 11.4 Å². The van der Waals surface area contributed by atoms with Gasteiger partial charge in [-0.2, -0.15) is 0 Å². The van der Waals surface area contributed by atoms with Crippen LogP contribution in [0, 0.1) is 6.92 Å². The Balaban J connectivity index is 1.58. The third-order valence-corrected chi connectivity index (χ3v) is 6.41. The number of nitrogens with one attached hydrogen (secondary N) is 2. The monoisotopic (exact) mass is 408 g/mol. The van der Waals surface area contributed by atoms with Gasteiger partial charge in [0.15, 0.2) is 0 Å². The number of halogens is 2. The molecule has 4 rings (SSSR count). The van der Waals surface area contributed by atoms with E-state index in [9.17, 15) is 13.6 Å². The summed E-state index contributed by atoms with van der Waals surface area (Å²) < 4.78 is 36.5. The lowest BCUT2D eigenvalue weighted by atomic mass is 10.0. The van der Waals surface area contributed by atoms with E-state index in [2.05, 4.69) is 21.9 Å². The smallest absolute Gasteiger partial charge is 0.280 e. The Hall–Kier alpha value is -1.97. The van der Waals surface area contributed by atoms with E-state index in [0.29, 0.717) is 24.6 Å². The minimum atomic E-state index is -2.68. The van der Waals surface area contributed by atoms with Crippen LogP contribution in [0.15, 0.2) is 23.2 Å². The van der Waals surface area contributed by atoms with E-state index in [1.54, 1.807) is 11.9 Å². The van der Waals surface area contributed by atoms with Gasteiger partial charge in [-0.15, -0.1) is 0 Å². The van der Waals surface area contributed by atoms with Crippen molar-refractivity contribution in [1.29, 1.82) is 0 Å². The van der Waals surface area contributed by atoms with Crippen molar-refractivity contribution < 1.29 is 18.3 Å². The predicted octanol–water partition coefficient (Wildman–Crippen LogP) is 3.71. The van der Waals surface area contributed by atoms with Crippen molar-refractivity contribution in [2.45, 2.75) is 50.1 Å². The van der Waals surface area contributed by atoms with Crippen LogP contribution < -0.4 is 10.0 Å². The Morgan fingerprint density at radius 1 is 1.43 bits per heavy atom. The first-order valence-electron chi connectivity index (χ1n) is 9.17. The summed E-state index contributed by atoms with van der Waals surface area (Å²) in [7, 11) is 0. The van der Waals surface area contributed by atoms with Crippen LogP contribution in [-0.4, -0.2) is 34.2 Å². The number of carbonyl (C=O) groups is 1. The summed E-state index contributed by atoms with van der Waals surface area (Å²) >= 11 is 1.55. The largest absolute Gasteiger partial charge is 0.377 e. The molecule has 2 aromatic heterocycles. The molecule has 2 aliphatic rings. The molecular weight excluding hydrogens is 386 g/mol. The van der Waals surface area contributed by atoms with Crippen molar-refractivity contribution >= 4 is 23.5 Å². The third kappa shape index (κ3) is 3.54. The molecule has 0 bridgehead atoms. The Kier molecular flexibility index (Phi) is 5.15. The molecule has 1 amide bonds. The molecule has 0 unspecified atom stereocenters. The van der Waals surface area contributed by atoms with Crippen molar-refractivity contribution in [2.24, 2.45) is 0 Å². The van der Waals surface area contributed by atoms with Gasteiger partial charge in [0, 0.05) is 29.0 Å². The molecule has 9 heteroatoms. The van der Waals surface area contributed by atoms with Crippen molar-refractivity contribution in [3.8, 4) is 0 Å². The number of hydrogen-bond acceptors (Lipinski definition) is 5. The molecule has 2 N–H and O–H groups in total. The summed E-state index contributed by atoms with van der Waals surface area (Å²) in [6.45, 7) is 6.14. The normalized spacial score (nSPS) is 17.5. The van der Waals surface area contributed by atoms with Crippen LogP contribution >= 0.6 is 11.9 Å². The van der Waals surface area contributed by atoms with E-state index < -0.39 is 6.43 Å². The second-order valence-electron chi connectivity index (χ2n) is 7.49. The second kappa shape index (κ2) is 7.46. The highest BCUT2D eigenvalue weighted by molar-refractivity contribution is 7.97. The van der Waals surface area contributed by atoms with Crippen LogP contribution in [0.1, 0.15) is 47.2 Å². The number of fused-ring (bicyclic) bond motifs is 1. The maximum Gasteiger partial charge on any atom is 0.280 e. The van der Waals surface area contributed by atoms with Crippen LogP contribution in [0.5, 0.6) is 0 Å². The van der Waals surface area contributed by atoms with Gasteiger partial charge in [0.2, 0.25) is 0 Å². The fourth-order valence-electron chi connectivity index (χ4n) is 3.59. The van der Waals surface area contributed by atoms with Gasteiger partial charge < -0.3 is 14.6 Å². The number of pyridine rings is 1. The average Bonchev–Trinajstić information content (AvgIpc) is 3.18. The highest BCUT2D eigenvalue weighted by Gasteiger charge is 2.35.